The summed E-state index contributed by atoms with van der Waals surface area (Å²) in [7, 11) is -3.46. The number of aliphatic imine (C=N–C) groups is 1. The van der Waals surface area contributed by atoms with E-state index in [1.807, 2.05) is 6.92 Å². The fraction of sp³-hybridized carbons (Fsp3) is 0.357. The van der Waals surface area contributed by atoms with E-state index in [1.54, 1.807) is 36.4 Å². The normalized spacial score (nSPS) is 11.4. The Hall–Kier alpha value is -1.13. The molecule has 0 aliphatic carbocycles. The van der Waals surface area contributed by atoms with Gasteiger partial charge in [-0.3, -0.25) is 4.99 Å². The molecule has 0 radical (unpaired) electrons. The lowest BCUT2D eigenvalue weighted by atomic mass is 10.4. The third-order valence-corrected chi connectivity index (χ3v) is 3.96. The molecule has 124 valence electrons. The molecule has 0 aromatic heterocycles. The van der Waals surface area contributed by atoms with Gasteiger partial charge < -0.3 is 10.6 Å². The Kier molecular flexibility index (Phi) is 10.9. The van der Waals surface area contributed by atoms with Crippen LogP contribution in [0.2, 0.25) is 0 Å². The lowest BCUT2D eigenvalue weighted by Gasteiger charge is -2.09. The number of guanidine groups is 1. The van der Waals surface area contributed by atoms with Crippen LogP contribution in [0, 0.1) is 0 Å². The van der Waals surface area contributed by atoms with Crippen molar-refractivity contribution in [2.45, 2.75) is 11.8 Å². The molecule has 0 saturated heterocycles. The second-order valence-electron chi connectivity index (χ2n) is 4.14. The summed E-state index contributed by atoms with van der Waals surface area (Å²) >= 11 is 0. The average Bonchev–Trinajstić information content (AvgIpc) is 2.50. The highest BCUT2D eigenvalue weighted by Crippen LogP contribution is 2.06. The summed E-state index contributed by atoms with van der Waals surface area (Å²) < 4.78 is 26.5. The van der Waals surface area contributed by atoms with Gasteiger partial charge in [0.05, 0.1) is 11.4 Å². The van der Waals surface area contributed by atoms with Crippen molar-refractivity contribution in [3.8, 4) is 0 Å². The molecule has 1 aromatic rings. The molecule has 0 unspecified atom stereocenters. The van der Waals surface area contributed by atoms with E-state index in [2.05, 4.69) is 26.9 Å². The average molecular weight is 438 g/mol. The van der Waals surface area contributed by atoms with Crippen molar-refractivity contribution in [3.05, 3.63) is 43.0 Å². The molecular weight excluding hydrogens is 415 g/mol. The molecule has 0 aliphatic rings. The minimum atomic E-state index is -3.46. The predicted molar refractivity (Wildman–Crippen MR) is 101 cm³/mol. The summed E-state index contributed by atoms with van der Waals surface area (Å²) in [5.74, 6) is 0.635. The molecule has 0 aliphatic heterocycles. The Morgan fingerprint density at radius 2 is 1.95 bits per heavy atom. The first kappa shape index (κ1) is 20.9. The van der Waals surface area contributed by atoms with Crippen molar-refractivity contribution in [2.24, 2.45) is 4.99 Å². The Balaban J connectivity index is 0.00000441. The number of nitrogens with one attached hydrogen (secondary N) is 3. The van der Waals surface area contributed by atoms with Crippen molar-refractivity contribution < 1.29 is 8.42 Å². The van der Waals surface area contributed by atoms with Crippen LogP contribution in [0.25, 0.3) is 0 Å². The first-order valence-corrected chi connectivity index (χ1v) is 8.26. The van der Waals surface area contributed by atoms with Crippen molar-refractivity contribution >= 4 is 40.0 Å². The van der Waals surface area contributed by atoms with Gasteiger partial charge in [0.1, 0.15) is 0 Å². The number of benzene rings is 1. The van der Waals surface area contributed by atoms with Crippen LogP contribution in [0.15, 0.2) is 52.9 Å². The van der Waals surface area contributed by atoms with Crippen molar-refractivity contribution in [1.82, 2.24) is 15.4 Å². The van der Waals surface area contributed by atoms with Crippen molar-refractivity contribution in [1.29, 1.82) is 0 Å². The van der Waals surface area contributed by atoms with E-state index >= 15 is 0 Å². The van der Waals surface area contributed by atoms with E-state index in [-0.39, 0.29) is 35.4 Å². The smallest absolute Gasteiger partial charge is 0.240 e. The maximum absolute atomic E-state index is 12.0. The zero-order chi connectivity index (χ0) is 15.6. The number of rotatable bonds is 8. The molecule has 1 aromatic carbocycles. The molecule has 0 fully saturated rings. The second-order valence-corrected chi connectivity index (χ2v) is 5.91. The standard InChI is InChI=1S/C14H22N4O2S.HI/c1-3-10-16-14(15-4-2)17-11-12-18-21(19,20)13-8-6-5-7-9-13;/h3,5-9,18H,1,4,10-12H2,2H3,(H2,15,16,17);1H. The quantitative estimate of drug-likeness (QED) is 0.188. The molecule has 0 spiro atoms. The van der Waals surface area contributed by atoms with Gasteiger partial charge in [-0.25, -0.2) is 13.1 Å². The minimum absolute atomic E-state index is 0. The van der Waals surface area contributed by atoms with E-state index in [4.69, 9.17) is 0 Å². The Labute approximate surface area is 149 Å². The predicted octanol–water partition coefficient (Wildman–Crippen LogP) is 1.32. The van der Waals surface area contributed by atoms with Gasteiger partial charge in [0.25, 0.3) is 0 Å². The molecule has 6 nitrogen and oxygen atoms in total. The van der Waals surface area contributed by atoms with Gasteiger partial charge in [0.2, 0.25) is 10.0 Å². The molecule has 22 heavy (non-hydrogen) atoms. The van der Waals surface area contributed by atoms with E-state index < -0.39 is 10.0 Å². The number of hydrogen-bond acceptors (Lipinski definition) is 3. The molecule has 0 saturated carbocycles. The van der Waals surface area contributed by atoms with E-state index in [0.29, 0.717) is 19.0 Å². The molecule has 1 rings (SSSR count). The van der Waals surface area contributed by atoms with E-state index in [0.717, 1.165) is 6.54 Å². The first-order chi connectivity index (χ1) is 10.1. The SMILES string of the molecule is C=CCNC(=NCCNS(=O)(=O)c1ccccc1)NCC.I. The third-order valence-electron chi connectivity index (χ3n) is 2.49. The van der Waals surface area contributed by atoms with Gasteiger partial charge in [0.15, 0.2) is 5.96 Å². The van der Waals surface area contributed by atoms with E-state index in [9.17, 15) is 8.42 Å². The number of hydrogen-bond donors (Lipinski definition) is 3. The highest BCUT2D eigenvalue weighted by Gasteiger charge is 2.11. The number of nitrogens with zero attached hydrogens (tertiary/aromatic N) is 1. The lowest BCUT2D eigenvalue weighted by molar-refractivity contribution is 0.582. The summed E-state index contributed by atoms with van der Waals surface area (Å²) in [6.45, 7) is 7.50. The summed E-state index contributed by atoms with van der Waals surface area (Å²) in [6, 6.07) is 8.27. The van der Waals surface area contributed by atoms with Crippen LogP contribution in [0.1, 0.15) is 6.92 Å². The maximum atomic E-state index is 12.0. The minimum Gasteiger partial charge on any atom is -0.357 e. The van der Waals surface area contributed by atoms with Crippen LogP contribution in [0.5, 0.6) is 0 Å². The molecule has 0 amide bonds. The van der Waals surface area contributed by atoms with Crippen LogP contribution in [0.4, 0.5) is 0 Å². The zero-order valence-corrected chi connectivity index (χ0v) is 15.7. The Morgan fingerprint density at radius 3 is 2.55 bits per heavy atom. The fourth-order valence-electron chi connectivity index (χ4n) is 1.54. The molecular formula is C14H23IN4O2S. The van der Waals surface area contributed by atoms with Gasteiger partial charge in [-0.05, 0) is 19.1 Å². The highest BCUT2D eigenvalue weighted by molar-refractivity contribution is 14.0. The molecule has 3 N–H and O–H groups in total. The lowest BCUT2D eigenvalue weighted by Crippen LogP contribution is -2.38. The van der Waals surface area contributed by atoms with Crippen molar-refractivity contribution in [3.63, 3.8) is 0 Å². The molecule has 0 bridgehead atoms. The van der Waals surface area contributed by atoms with Gasteiger partial charge in [0, 0.05) is 19.6 Å². The number of sulfonamides is 1. The summed E-state index contributed by atoms with van der Waals surface area (Å²) in [6.07, 6.45) is 1.73. The third kappa shape index (κ3) is 7.76. The highest BCUT2D eigenvalue weighted by atomic mass is 127. The van der Waals surface area contributed by atoms with E-state index in [1.165, 1.54) is 0 Å². The van der Waals surface area contributed by atoms with Crippen LogP contribution < -0.4 is 15.4 Å². The molecule has 8 heteroatoms. The topological polar surface area (TPSA) is 82.6 Å². The van der Waals surface area contributed by atoms with Crippen LogP contribution in [-0.4, -0.2) is 40.6 Å². The Morgan fingerprint density at radius 1 is 1.27 bits per heavy atom. The summed E-state index contributed by atoms with van der Waals surface area (Å²) in [5, 5.41) is 6.10. The van der Waals surface area contributed by atoms with Crippen molar-refractivity contribution in [2.75, 3.05) is 26.2 Å². The maximum Gasteiger partial charge on any atom is 0.240 e. The summed E-state index contributed by atoms with van der Waals surface area (Å²) in [5.41, 5.74) is 0. The number of halogens is 1. The first-order valence-electron chi connectivity index (χ1n) is 6.78. The molecule has 0 heterocycles. The van der Waals surface area contributed by atoms with Crippen LogP contribution in [-0.2, 0) is 10.0 Å². The zero-order valence-electron chi connectivity index (χ0n) is 12.6. The largest absolute Gasteiger partial charge is 0.357 e. The Bertz CT molecular complexity index is 561. The second kappa shape index (κ2) is 11.4. The van der Waals surface area contributed by atoms with Gasteiger partial charge in [-0.15, -0.1) is 30.6 Å². The van der Waals surface area contributed by atoms with Gasteiger partial charge in [-0.1, -0.05) is 24.3 Å². The van der Waals surface area contributed by atoms with Gasteiger partial charge >= 0.3 is 0 Å². The summed E-state index contributed by atoms with van der Waals surface area (Å²) in [4.78, 5) is 4.52. The molecule has 0 atom stereocenters. The monoisotopic (exact) mass is 438 g/mol. The van der Waals surface area contributed by atoms with Crippen LogP contribution >= 0.6 is 24.0 Å². The van der Waals surface area contributed by atoms with Crippen LogP contribution in [0.3, 0.4) is 0 Å². The fourth-order valence-corrected chi connectivity index (χ4v) is 2.58. The van der Waals surface area contributed by atoms with Gasteiger partial charge in [-0.2, -0.15) is 0 Å².